The summed E-state index contributed by atoms with van der Waals surface area (Å²) < 4.78 is 1.07. The van der Waals surface area contributed by atoms with E-state index in [9.17, 15) is 15.3 Å². The standard InChI is InChI=1S/C4H3N6O3.CH5N3/c1-8-4-2(5-7-9(4)11)3(6-8)10(12)13;2-1(3)4/h1H3;(H5,2,3,4)/q-1;/p+1. The van der Waals surface area contributed by atoms with Gasteiger partial charge >= 0.3 is 11.8 Å². The lowest BCUT2D eigenvalue weighted by molar-refractivity contribution is -0.388. The Labute approximate surface area is 93.0 Å². The molecule has 0 amide bonds. The number of nitro groups is 1. The Kier molecular flexibility index (Phi) is 3.07. The van der Waals surface area contributed by atoms with E-state index < -0.39 is 10.7 Å². The molecule has 0 aliphatic heterocycles. The highest BCUT2D eigenvalue weighted by molar-refractivity contribution is 5.79. The molecule has 12 heteroatoms. The Morgan fingerprint density at radius 2 is 2.06 bits per heavy atom. The highest BCUT2D eigenvalue weighted by Gasteiger charge is 2.23. The summed E-state index contributed by atoms with van der Waals surface area (Å²) in [7, 11) is 1.41. The number of nitrogens with zero attached hydrogens (tertiary/aromatic N) is 6. The monoisotopic (exact) mass is 243 g/mol. The molecule has 0 unspecified atom stereocenters. The molecular weight excluding hydrogens is 234 g/mol. The van der Waals surface area contributed by atoms with Crippen molar-refractivity contribution < 1.29 is 10.3 Å². The molecule has 0 saturated carbocycles. The van der Waals surface area contributed by atoms with Crippen LogP contribution in [-0.2, 0) is 7.05 Å². The number of rotatable bonds is 1. The van der Waals surface area contributed by atoms with Gasteiger partial charge in [-0.1, -0.05) is 5.21 Å². The normalized spacial score (nSPS) is 9.71. The maximum absolute atomic E-state index is 10.9. The third-order valence-corrected chi connectivity index (χ3v) is 1.55. The molecule has 2 heterocycles. The summed E-state index contributed by atoms with van der Waals surface area (Å²) in [6.07, 6.45) is 0. The number of hydrogen-bond acceptors (Lipinski definition) is 6. The summed E-state index contributed by atoms with van der Waals surface area (Å²) >= 11 is 0. The Hall–Kier alpha value is -2.92. The summed E-state index contributed by atoms with van der Waals surface area (Å²) in [6.45, 7) is 0. The summed E-state index contributed by atoms with van der Waals surface area (Å²) in [6, 6.07) is 0. The fraction of sp³-hybridized carbons (Fsp3) is 0.200. The summed E-state index contributed by atoms with van der Waals surface area (Å²) in [5, 5.41) is 35.8. The summed E-state index contributed by atoms with van der Waals surface area (Å²) in [5.41, 5.74) is 9.05. The fourth-order valence-electron chi connectivity index (χ4n) is 1.04. The smallest absolute Gasteiger partial charge is 0.420 e. The number of nitrogens with two attached hydrogens (primary N) is 3. The van der Waals surface area contributed by atoms with Crippen molar-refractivity contribution in [1.82, 2.24) is 24.9 Å². The predicted molar refractivity (Wildman–Crippen MR) is 55.0 cm³/mol. The van der Waals surface area contributed by atoms with E-state index in [4.69, 9.17) is 0 Å². The molecule has 12 nitrogen and oxygen atoms in total. The van der Waals surface area contributed by atoms with Crippen LogP contribution in [0.2, 0.25) is 0 Å². The highest BCUT2D eigenvalue weighted by atomic mass is 16.6. The van der Waals surface area contributed by atoms with Crippen LogP contribution in [0.1, 0.15) is 0 Å². The first-order valence-electron chi connectivity index (χ1n) is 4.08. The van der Waals surface area contributed by atoms with Crippen molar-refractivity contribution in [1.29, 1.82) is 0 Å². The Balaban J connectivity index is 0.000000317. The second kappa shape index (κ2) is 4.30. The minimum atomic E-state index is -0.711. The van der Waals surface area contributed by atoms with E-state index in [0.29, 0.717) is 0 Å². The lowest BCUT2D eigenvalue weighted by atomic mass is 10.5. The topological polar surface area (TPSA) is 192 Å². The molecule has 2 aromatic heterocycles. The van der Waals surface area contributed by atoms with Crippen LogP contribution in [-0.4, -0.2) is 35.8 Å². The van der Waals surface area contributed by atoms with Crippen LogP contribution in [0.25, 0.3) is 11.2 Å². The number of hydrogen-bond donors (Lipinski definition) is 3. The van der Waals surface area contributed by atoms with Crippen molar-refractivity contribution in [3.8, 4) is 0 Å². The van der Waals surface area contributed by atoms with E-state index in [1.165, 1.54) is 7.05 Å². The fourth-order valence-corrected chi connectivity index (χ4v) is 1.04. The van der Waals surface area contributed by atoms with Crippen molar-refractivity contribution in [3.05, 3.63) is 15.3 Å². The van der Waals surface area contributed by atoms with Crippen molar-refractivity contribution in [2.45, 2.75) is 0 Å². The number of aromatic nitrogens is 5. The molecule has 6 N–H and O–H groups in total. The first kappa shape index (κ1) is 12.2. The molecule has 0 saturated heterocycles. The molecular formula is C5H9N9O3. The second-order valence-electron chi connectivity index (χ2n) is 2.84. The lowest BCUT2D eigenvalue weighted by Crippen LogP contribution is -2.51. The summed E-state index contributed by atoms with van der Waals surface area (Å²) in [5.74, 6) is -0.542. The molecule has 0 atom stereocenters. The van der Waals surface area contributed by atoms with Crippen LogP contribution in [0.15, 0.2) is 0 Å². The van der Waals surface area contributed by atoms with Crippen molar-refractivity contribution in [3.63, 3.8) is 0 Å². The van der Waals surface area contributed by atoms with Gasteiger partial charge in [0.2, 0.25) is 11.2 Å². The van der Waals surface area contributed by atoms with E-state index in [2.05, 4.69) is 32.3 Å². The molecule has 0 fully saturated rings. The van der Waals surface area contributed by atoms with Gasteiger partial charge in [-0.2, -0.15) is 4.68 Å². The molecule has 2 aromatic rings. The number of guanidine groups is 1. The van der Waals surface area contributed by atoms with Gasteiger partial charge < -0.3 is 15.3 Å². The number of aryl methyl sites for hydroxylation is 1. The van der Waals surface area contributed by atoms with E-state index in [-0.39, 0.29) is 22.0 Å². The van der Waals surface area contributed by atoms with Gasteiger partial charge in [0, 0.05) is 0 Å². The van der Waals surface area contributed by atoms with Crippen LogP contribution in [0.3, 0.4) is 0 Å². The third-order valence-electron chi connectivity index (χ3n) is 1.55. The SMILES string of the molecule is Cn1nc([N+](=O)[O-])c2nnn([O-])c21.NC(N)=[NH2+]. The van der Waals surface area contributed by atoms with Gasteiger partial charge in [-0.05, 0) is 4.92 Å². The Bertz CT molecular complexity index is 564. The van der Waals surface area contributed by atoms with E-state index in [1.54, 1.807) is 0 Å². The van der Waals surface area contributed by atoms with Crippen LogP contribution >= 0.6 is 0 Å². The largest absolute Gasteiger partial charge is 0.788 e. The van der Waals surface area contributed by atoms with Crippen LogP contribution in [0.4, 0.5) is 5.82 Å². The molecule has 2 rings (SSSR count). The third kappa shape index (κ3) is 2.36. The average Bonchev–Trinajstić information content (AvgIpc) is 2.68. The highest BCUT2D eigenvalue weighted by Crippen LogP contribution is 2.20. The van der Waals surface area contributed by atoms with E-state index in [1.807, 2.05) is 0 Å². The molecule has 17 heavy (non-hydrogen) atoms. The van der Waals surface area contributed by atoms with Gasteiger partial charge in [0.25, 0.3) is 0 Å². The van der Waals surface area contributed by atoms with Gasteiger partial charge in [-0.3, -0.25) is 21.7 Å². The van der Waals surface area contributed by atoms with Gasteiger partial charge in [-0.25, -0.2) is 0 Å². The van der Waals surface area contributed by atoms with Gasteiger partial charge in [-0.15, -0.1) is 5.10 Å². The van der Waals surface area contributed by atoms with Crippen molar-refractivity contribution in [2.75, 3.05) is 0 Å². The molecule has 0 bridgehead atoms. The zero-order valence-corrected chi connectivity index (χ0v) is 8.64. The van der Waals surface area contributed by atoms with Crippen LogP contribution in [0.5, 0.6) is 0 Å². The quantitative estimate of drug-likeness (QED) is 0.198. The van der Waals surface area contributed by atoms with E-state index in [0.717, 1.165) is 4.68 Å². The maximum atomic E-state index is 10.9. The van der Waals surface area contributed by atoms with Crippen molar-refractivity contribution in [2.24, 2.45) is 18.5 Å². The van der Waals surface area contributed by atoms with Crippen LogP contribution in [0, 0.1) is 15.3 Å². The van der Waals surface area contributed by atoms with Gasteiger partial charge in [0.05, 0.1) is 12.1 Å². The Morgan fingerprint density at radius 1 is 1.53 bits per heavy atom. The molecule has 0 aliphatic rings. The summed E-state index contributed by atoms with van der Waals surface area (Å²) in [4.78, 5) is 9.87. The average molecular weight is 243 g/mol. The predicted octanol–water partition coefficient (Wildman–Crippen LogP) is -3.56. The molecule has 0 aliphatic carbocycles. The zero-order valence-electron chi connectivity index (χ0n) is 8.64. The van der Waals surface area contributed by atoms with Crippen LogP contribution < -0.4 is 16.9 Å². The molecule has 0 radical (unpaired) electrons. The first-order chi connectivity index (χ1) is 7.84. The van der Waals surface area contributed by atoms with E-state index >= 15 is 0 Å². The minimum Gasteiger partial charge on any atom is -0.788 e. The Morgan fingerprint density at radius 3 is 2.53 bits per heavy atom. The van der Waals surface area contributed by atoms with Crippen molar-refractivity contribution >= 4 is 22.9 Å². The molecule has 92 valence electrons. The lowest BCUT2D eigenvalue weighted by Gasteiger charge is -1.99. The number of fused-ring (bicyclic) bond motifs is 1. The molecule has 0 aromatic carbocycles. The first-order valence-corrected chi connectivity index (χ1v) is 4.08. The minimum absolute atomic E-state index is 0.0216. The molecule has 0 spiro atoms. The maximum Gasteiger partial charge on any atom is 0.420 e. The second-order valence-corrected chi connectivity index (χ2v) is 2.84. The van der Waals surface area contributed by atoms with Gasteiger partial charge in [0.15, 0.2) is 0 Å². The zero-order chi connectivity index (χ0) is 13.2. The van der Waals surface area contributed by atoms with Gasteiger partial charge in [0.1, 0.15) is 0 Å².